The maximum Gasteiger partial charge on any atom is 0.127 e. The second-order valence-electron chi connectivity index (χ2n) is 7.97. The third-order valence-electron chi connectivity index (χ3n) is 5.50. The van der Waals surface area contributed by atoms with Crippen molar-refractivity contribution in [2.24, 2.45) is 0 Å². The molecule has 3 heterocycles. The smallest absolute Gasteiger partial charge is 0.127 e. The Kier molecular flexibility index (Phi) is 6.44. The summed E-state index contributed by atoms with van der Waals surface area (Å²) in [4.78, 5) is 13.6. The molecule has 0 aliphatic rings. The van der Waals surface area contributed by atoms with E-state index in [1.54, 1.807) is 6.20 Å². The van der Waals surface area contributed by atoms with Crippen LogP contribution in [0, 0.1) is 25.7 Å². The number of nitrogens with one attached hydrogen (secondary N) is 2. The number of likely N-dealkylation sites (N-methyl/N-ethyl adjacent to an activating group) is 1. The number of rotatable bonds is 5. The van der Waals surface area contributed by atoms with E-state index in [0.29, 0.717) is 6.04 Å². The van der Waals surface area contributed by atoms with Gasteiger partial charge in [0, 0.05) is 47.7 Å². The van der Waals surface area contributed by atoms with Crippen molar-refractivity contribution in [2.45, 2.75) is 26.8 Å². The summed E-state index contributed by atoms with van der Waals surface area (Å²) < 4.78 is 0. The molecule has 160 valence electrons. The summed E-state index contributed by atoms with van der Waals surface area (Å²) in [7, 11) is 1.95. The molecule has 4 rings (SSSR count). The molecular formula is C27H27N5. The van der Waals surface area contributed by atoms with Crippen molar-refractivity contribution >= 4 is 16.7 Å². The molecule has 1 atom stereocenters. The summed E-state index contributed by atoms with van der Waals surface area (Å²) >= 11 is 0. The highest BCUT2D eigenvalue weighted by molar-refractivity contribution is 5.80. The first-order chi connectivity index (χ1) is 15.5. The first-order valence-electron chi connectivity index (χ1n) is 10.8. The molecule has 2 N–H and O–H groups in total. The van der Waals surface area contributed by atoms with Gasteiger partial charge >= 0.3 is 0 Å². The van der Waals surface area contributed by atoms with E-state index in [9.17, 15) is 0 Å². The van der Waals surface area contributed by atoms with E-state index >= 15 is 0 Å². The van der Waals surface area contributed by atoms with E-state index in [2.05, 4.69) is 65.3 Å². The van der Waals surface area contributed by atoms with Crippen LogP contribution < -0.4 is 10.6 Å². The Labute approximate surface area is 189 Å². The lowest BCUT2D eigenvalue weighted by molar-refractivity contribution is 0.637. The molecule has 0 saturated carbocycles. The van der Waals surface area contributed by atoms with Crippen LogP contribution >= 0.6 is 0 Å². The summed E-state index contributed by atoms with van der Waals surface area (Å²) in [6.07, 6.45) is 5.57. The molecular weight excluding hydrogens is 394 g/mol. The summed E-state index contributed by atoms with van der Waals surface area (Å²) in [5.74, 6) is 7.45. The Morgan fingerprint density at radius 2 is 1.81 bits per heavy atom. The van der Waals surface area contributed by atoms with Crippen LogP contribution in [0.1, 0.15) is 29.3 Å². The summed E-state index contributed by atoms with van der Waals surface area (Å²) in [5, 5.41) is 7.71. The number of nitrogens with zero attached hydrogens (tertiary/aromatic N) is 3. The summed E-state index contributed by atoms with van der Waals surface area (Å²) in [6.45, 7) is 7.05. The predicted octanol–water partition coefficient (Wildman–Crippen LogP) is 4.73. The Balaban J connectivity index is 1.77. The number of fused-ring (bicyclic) bond motifs is 1. The topological polar surface area (TPSA) is 62.7 Å². The molecule has 0 radical (unpaired) electrons. The van der Waals surface area contributed by atoms with Gasteiger partial charge in [-0.1, -0.05) is 12.0 Å². The number of benzene rings is 1. The molecule has 0 fully saturated rings. The van der Waals surface area contributed by atoms with E-state index in [1.165, 1.54) is 0 Å². The van der Waals surface area contributed by atoms with Crippen LogP contribution in [0.4, 0.5) is 5.82 Å². The van der Waals surface area contributed by atoms with Crippen molar-refractivity contribution in [1.29, 1.82) is 0 Å². The highest BCUT2D eigenvalue weighted by Gasteiger charge is 2.12. The molecule has 3 aromatic heterocycles. The monoisotopic (exact) mass is 421 g/mol. The Hall–Kier alpha value is -3.75. The van der Waals surface area contributed by atoms with Crippen LogP contribution in [0.5, 0.6) is 0 Å². The maximum atomic E-state index is 4.87. The number of aromatic nitrogens is 3. The summed E-state index contributed by atoms with van der Waals surface area (Å²) in [6, 6.07) is 14.5. The van der Waals surface area contributed by atoms with Crippen molar-refractivity contribution in [3.05, 3.63) is 83.4 Å². The van der Waals surface area contributed by atoms with E-state index in [-0.39, 0.29) is 0 Å². The minimum atomic E-state index is 0.335. The van der Waals surface area contributed by atoms with E-state index in [0.717, 1.165) is 56.8 Å². The van der Waals surface area contributed by atoms with Gasteiger partial charge in [-0.05, 0) is 86.8 Å². The lowest BCUT2D eigenvalue weighted by Crippen LogP contribution is -2.29. The van der Waals surface area contributed by atoms with Gasteiger partial charge in [-0.3, -0.25) is 9.97 Å². The van der Waals surface area contributed by atoms with Crippen LogP contribution in [0.3, 0.4) is 0 Å². The van der Waals surface area contributed by atoms with Crippen LogP contribution in [0.2, 0.25) is 0 Å². The first-order valence-corrected chi connectivity index (χ1v) is 10.8. The number of aryl methyl sites for hydroxylation is 2. The van der Waals surface area contributed by atoms with Crippen molar-refractivity contribution in [1.82, 2.24) is 20.3 Å². The van der Waals surface area contributed by atoms with E-state index in [1.807, 2.05) is 49.8 Å². The molecule has 0 aliphatic carbocycles. The molecule has 1 aromatic carbocycles. The van der Waals surface area contributed by atoms with Gasteiger partial charge in [0.05, 0.1) is 5.52 Å². The molecule has 5 heteroatoms. The van der Waals surface area contributed by atoms with Gasteiger partial charge in [0.2, 0.25) is 0 Å². The average Bonchev–Trinajstić information content (AvgIpc) is 2.81. The predicted molar refractivity (Wildman–Crippen MR) is 132 cm³/mol. The van der Waals surface area contributed by atoms with E-state index < -0.39 is 0 Å². The number of hydrogen-bond donors (Lipinski definition) is 2. The fraction of sp³-hybridized carbons (Fsp3) is 0.222. The Bertz CT molecular complexity index is 1300. The molecule has 0 spiro atoms. The Morgan fingerprint density at radius 1 is 1.00 bits per heavy atom. The van der Waals surface area contributed by atoms with Gasteiger partial charge in [-0.15, -0.1) is 0 Å². The zero-order valence-electron chi connectivity index (χ0n) is 18.9. The minimum absolute atomic E-state index is 0.335. The second-order valence-corrected chi connectivity index (χ2v) is 7.97. The number of hydrogen-bond acceptors (Lipinski definition) is 5. The number of pyridine rings is 3. The lowest BCUT2D eigenvalue weighted by Gasteiger charge is -2.15. The fourth-order valence-electron chi connectivity index (χ4n) is 3.62. The fourth-order valence-corrected chi connectivity index (χ4v) is 3.62. The van der Waals surface area contributed by atoms with Gasteiger partial charge in [-0.2, -0.15) is 0 Å². The molecule has 0 bridgehead atoms. The summed E-state index contributed by atoms with van der Waals surface area (Å²) in [5.41, 5.74) is 7.01. The zero-order valence-corrected chi connectivity index (χ0v) is 18.9. The highest BCUT2D eigenvalue weighted by atomic mass is 15.0. The van der Waals surface area contributed by atoms with Crippen LogP contribution in [0.15, 0.2) is 61.1 Å². The van der Waals surface area contributed by atoms with Gasteiger partial charge in [-0.25, -0.2) is 4.98 Å². The molecule has 0 saturated heterocycles. The quantitative estimate of drug-likeness (QED) is 0.456. The van der Waals surface area contributed by atoms with E-state index in [4.69, 9.17) is 4.98 Å². The van der Waals surface area contributed by atoms with Crippen LogP contribution in [0.25, 0.3) is 22.0 Å². The molecule has 0 amide bonds. The first kappa shape index (κ1) is 21.5. The van der Waals surface area contributed by atoms with Gasteiger partial charge in [0.25, 0.3) is 0 Å². The van der Waals surface area contributed by atoms with Crippen molar-refractivity contribution in [3.63, 3.8) is 0 Å². The van der Waals surface area contributed by atoms with Gasteiger partial charge < -0.3 is 10.6 Å². The zero-order chi connectivity index (χ0) is 22.5. The Morgan fingerprint density at radius 3 is 2.59 bits per heavy atom. The van der Waals surface area contributed by atoms with Crippen molar-refractivity contribution in [2.75, 3.05) is 18.9 Å². The standard InChI is InChI=1S/C27H27N5/c1-18-15-29-16-19(2)27(18)23-9-12-26(31-17-20(3)28-4)32-25(23)11-8-21-7-10-24-22(14-21)6-5-13-30-24/h5-7,9-10,12-16,20,28H,17H2,1-4H3,(H,31,32). The maximum absolute atomic E-state index is 4.87. The molecule has 4 aromatic rings. The van der Waals surface area contributed by atoms with Crippen LogP contribution in [-0.4, -0.2) is 34.6 Å². The SMILES string of the molecule is CNC(C)CNc1ccc(-c2c(C)cncc2C)c(C#Cc2ccc3ncccc3c2)n1. The van der Waals surface area contributed by atoms with Crippen molar-refractivity contribution < 1.29 is 0 Å². The largest absolute Gasteiger partial charge is 0.368 e. The lowest BCUT2D eigenvalue weighted by atomic mass is 9.96. The van der Waals surface area contributed by atoms with Crippen LogP contribution in [-0.2, 0) is 0 Å². The highest BCUT2D eigenvalue weighted by Crippen LogP contribution is 2.29. The van der Waals surface area contributed by atoms with Crippen molar-refractivity contribution in [3.8, 4) is 23.0 Å². The second kappa shape index (κ2) is 9.59. The number of anilines is 1. The van der Waals surface area contributed by atoms with Gasteiger partial charge in [0.1, 0.15) is 11.5 Å². The third-order valence-corrected chi connectivity index (χ3v) is 5.50. The molecule has 5 nitrogen and oxygen atoms in total. The minimum Gasteiger partial charge on any atom is -0.368 e. The van der Waals surface area contributed by atoms with Gasteiger partial charge in [0.15, 0.2) is 0 Å². The normalized spacial score (nSPS) is 11.6. The average molecular weight is 422 g/mol. The molecule has 32 heavy (non-hydrogen) atoms. The molecule has 0 aliphatic heterocycles. The third kappa shape index (κ3) is 4.77. The molecule has 1 unspecified atom stereocenters.